The van der Waals surface area contributed by atoms with E-state index < -0.39 is 128 Å². The number of hydrogen-bond acceptors (Lipinski definition) is 19. The van der Waals surface area contributed by atoms with Crippen molar-refractivity contribution in [3.8, 4) is 5.75 Å². The van der Waals surface area contributed by atoms with Gasteiger partial charge in [-0.2, -0.15) is 0 Å². The topological polar surface area (TPSA) is 270 Å². The summed E-state index contributed by atoms with van der Waals surface area (Å²) in [5.41, 5.74) is -0.311. The summed E-state index contributed by atoms with van der Waals surface area (Å²) in [5, 5.41) is 5.90. The van der Waals surface area contributed by atoms with E-state index in [0.717, 1.165) is 55.4 Å². The van der Waals surface area contributed by atoms with Gasteiger partial charge in [-0.1, -0.05) is 30.3 Å². The van der Waals surface area contributed by atoms with Crippen LogP contribution in [-0.2, 0) is 81.0 Å². The molecule has 0 aromatic heterocycles. The van der Waals surface area contributed by atoms with Crippen LogP contribution in [0.25, 0.3) is 10.8 Å². The molecular weight excluding hydrogens is 800 g/mol. The molecule has 21 heteroatoms. The van der Waals surface area contributed by atoms with Crippen LogP contribution in [0.2, 0.25) is 0 Å². The lowest BCUT2D eigenvalue weighted by molar-refractivity contribution is -0.264. The van der Waals surface area contributed by atoms with E-state index in [1.165, 1.54) is 6.07 Å². The maximum Gasteiger partial charge on any atom is 0.344 e. The number of rotatable bonds is 14. The first kappa shape index (κ1) is 46.3. The van der Waals surface area contributed by atoms with Gasteiger partial charge in [-0.25, -0.2) is 4.79 Å². The van der Waals surface area contributed by atoms with Gasteiger partial charge in [-0.15, -0.1) is 0 Å². The first-order valence-corrected chi connectivity index (χ1v) is 18.5. The number of nitrogens with one attached hydrogen (secondary N) is 2. The van der Waals surface area contributed by atoms with Gasteiger partial charge >= 0.3 is 41.8 Å². The van der Waals surface area contributed by atoms with E-state index in [-0.39, 0.29) is 16.7 Å². The number of ether oxygens (including phenoxy) is 10. The number of hydrogen-bond donors (Lipinski definition) is 2. The van der Waals surface area contributed by atoms with E-state index in [1.54, 1.807) is 30.3 Å². The van der Waals surface area contributed by atoms with Crippen molar-refractivity contribution in [1.82, 2.24) is 10.6 Å². The van der Waals surface area contributed by atoms with Gasteiger partial charge in [-0.3, -0.25) is 38.4 Å². The molecule has 0 unspecified atom stereocenters. The maximum absolute atomic E-state index is 14.4. The van der Waals surface area contributed by atoms with Crippen LogP contribution in [0.4, 0.5) is 0 Å². The minimum absolute atomic E-state index is 0.227. The Hall–Kier alpha value is -6.35. The second-order valence-corrected chi connectivity index (χ2v) is 13.6. The van der Waals surface area contributed by atoms with Gasteiger partial charge in [0.2, 0.25) is 24.4 Å². The third kappa shape index (κ3) is 12.3. The summed E-state index contributed by atoms with van der Waals surface area (Å²) in [4.78, 5) is 113. The van der Waals surface area contributed by atoms with Crippen molar-refractivity contribution in [2.75, 3.05) is 13.2 Å². The number of carbonyl (C=O) groups is 9. The average Bonchev–Trinajstić information content (AvgIpc) is 3.13. The highest BCUT2D eigenvalue weighted by atomic mass is 16.7. The standard InChI is InChI=1S/C39H46N2O19/c1-17(42)40-30-35(55-23(7)48)33(53-21(5)46)28(15-51-19(3)44)57-38(30)59-32-26-12-10-9-11-25(26)13-14-27(32)37(50)60-39-31(41-18(2)43)36(56-24(8)49)34(54-22(6)47)29(58-39)16-52-20(4)45/h9-14,28-31,33-36,38-39H,15-16H2,1-8H3,(H,40,42)(H,41,43)/t28-,29-,30-,31+,33+,34+,35-,36+,38-,39-/m0/s1. The summed E-state index contributed by atoms with van der Waals surface area (Å²) in [5.74, 6) is -7.68. The van der Waals surface area contributed by atoms with E-state index in [1.807, 2.05) is 0 Å². The molecule has 2 aromatic rings. The fraction of sp³-hybridized carbons (Fsp3) is 0.513. The lowest BCUT2D eigenvalue weighted by atomic mass is 9.95. The molecule has 60 heavy (non-hydrogen) atoms. The summed E-state index contributed by atoms with van der Waals surface area (Å²) < 4.78 is 56.7. The lowest BCUT2D eigenvalue weighted by Gasteiger charge is -2.45. The van der Waals surface area contributed by atoms with Crippen LogP contribution < -0.4 is 15.4 Å². The summed E-state index contributed by atoms with van der Waals surface area (Å²) in [6, 6.07) is 6.47. The molecule has 2 saturated heterocycles. The van der Waals surface area contributed by atoms with Crippen molar-refractivity contribution in [3.05, 3.63) is 42.0 Å². The maximum atomic E-state index is 14.4. The van der Waals surface area contributed by atoms with E-state index in [2.05, 4.69) is 10.6 Å². The zero-order valence-corrected chi connectivity index (χ0v) is 33.9. The van der Waals surface area contributed by atoms with E-state index in [9.17, 15) is 43.2 Å². The number of carbonyl (C=O) groups excluding carboxylic acids is 9. The Labute approximate surface area is 342 Å². The van der Waals surface area contributed by atoms with Crippen LogP contribution >= 0.6 is 0 Å². The lowest BCUT2D eigenvalue weighted by Crippen LogP contribution is -2.67. The molecule has 2 N–H and O–H groups in total. The molecule has 21 nitrogen and oxygen atoms in total. The number of benzene rings is 2. The molecule has 2 amide bonds. The van der Waals surface area contributed by atoms with Gasteiger partial charge in [-0.05, 0) is 11.5 Å². The number of amides is 2. The van der Waals surface area contributed by atoms with Gasteiger partial charge in [0.1, 0.15) is 48.8 Å². The number of fused-ring (bicyclic) bond motifs is 1. The molecule has 2 aromatic carbocycles. The molecule has 10 atom stereocenters. The van der Waals surface area contributed by atoms with Gasteiger partial charge in [0.25, 0.3) is 0 Å². The Morgan fingerprint density at radius 1 is 0.517 bits per heavy atom. The minimum atomic E-state index is -1.82. The Bertz CT molecular complexity index is 1980. The Morgan fingerprint density at radius 3 is 1.40 bits per heavy atom. The third-order valence-corrected chi connectivity index (χ3v) is 8.70. The molecule has 2 aliphatic heterocycles. The molecule has 0 aliphatic carbocycles. The molecule has 0 saturated carbocycles. The monoisotopic (exact) mass is 846 g/mol. The first-order chi connectivity index (χ1) is 28.2. The second-order valence-electron chi connectivity index (χ2n) is 13.6. The van der Waals surface area contributed by atoms with Crippen LogP contribution in [0.5, 0.6) is 5.75 Å². The van der Waals surface area contributed by atoms with E-state index in [4.69, 9.17) is 47.4 Å². The first-order valence-electron chi connectivity index (χ1n) is 18.5. The smallest absolute Gasteiger partial charge is 0.344 e. The largest absolute Gasteiger partial charge is 0.463 e. The fourth-order valence-corrected chi connectivity index (χ4v) is 6.60. The van der Waals surface area contributed by atoms with Crippen molar-refractivity contribution in [3.63, 3.8) is 0 Å². The minimum Gasteiger partial charge on any atom is -0.463 e. The second kappa shape index (κ2) is 20.6. The van der Waals surface area contributed by atoms with Crippen LogP contribution in [0.1, 0.15) is 65.7 Å². The predicted molar refractivity (Wildman–Crippen MR) is 198 cm³/mol. The molecule has 326 valence electrons. The summed E-state index contributed by atoms with van der Waals surface area (Å²) in [6.45, 7) is 7.61. The Morgan fingerprint density at radius 2 is 0.950 bits per heavy atom. The van der Waals surface area contributed by atoms with Crippen molar-refractivity contribution < 1.29 is 90.5 Å². The fourth-order valence-electron chi connectivity index (χ4n) is 6.60. The zero-order chi connectivity index (χ0) is 44.4. The molecule has 2 fully saturated rings. The zero-order valence-electron chi connectivity index (χ0n) is 33.9. The molecule has 2 heterocycles. The van der Waals surface area contributed by atoms with Crippen molar-refractivity contribution >= 4 is 64.4 Å². The van der Waals surface area contributed by atoms with Gasteiger partial charge < -0.3 is 58.0 Å². The van der Waals surface area contributed by atoms with Gasteiger partial charge in [0.15, 0.2) is 24.4 Å². The van der Waals surface area contributed by atoms with E-state index >= 15 is 0 Å². The van der Waals surface area contributed by atoms with Gasteiger partial charge in [0, 0.05) is 60.8 Å². The van der Waals surface area contributed by atoms with E-state index in [0.29, 0.717) is 5.39 Å². The summed E-state index contributed by atoms with van der Waals surface area (Å²) in [7, 11) is 0. The van der Waals surface area contributed by atoms with Crippen molar-refractivity contribution in [2.24, 2.45) is 0 Å². The van der Waals surface area contributed by atoms with Crippen LogP contribution in [0, 0.1) is 0 Å². The molecule has 0 spiro atoms. The van der Waals surface area contributed by atoms with Crippen LogP contribution in [-0.4, -0.2) is 128 Å². The highest BCUT2D eigenvalue weighted by Gasteiger charge is 2.54. The molecule has 0 radical (unpaired) electrons. The Balaban J connectivity index is 1.85. The van der Waals surface area contributed by atoms with Crippen molar-refractivity contribution in [1.29, 1.82) is 0 Å². The van der Waals surface area contributed by atoms with Gasteiger partial charge in [0.05, 0.1) is 0 Å². The van der Waals surface area contributed by atoms with Crippen LogP contribution in [0.3, 0.4) is 0 Å². The molecule has 0 bridgehead atoms. The van der Waals surface area contributed by atoms with Crippen molar-refractivity contribution in [2.45, 2.75) is 117 Å². The average molecular weight is 847 g/mol. The third-order valence-electron chi connectivity index (χ3n) is 8.70. The molecule has 4 rings (SSSR count). The van der Waals surface area contributed by atoms with Crippen LogP contribution in [0.15, 0.2) is 36.4 Å². The number of esters is 7. The SMILES string of the molecule is CC(=O)N[C@@H]1[C@H](Oc2c(C(=O)O[C@@H]3O[C@@H](COC(C)=O)[C@@H](OC(C)=O)[C@H](OC(C)=O)[C@H]3NC(C)=O)ccc3ccccc23)O[C@@H](COC(C)=O)[C@@H](OC(C)=O)[C@H]1OC(C)=O. The molecule has 2 aliphatic rings. The summed E-state index contributed by atoms with van der Waals surface area (Å²) in [6.07, 6.45) is -12.3. The highest BCUT2D eigenvalue weighted by molar-refractivity contribution is 6.01. The molecular formula is C39H46N2O19. The quantitative estimate of drug-likeness (QED) is 0.196. The predicted octanol–water partition coefficient (Wildman–Crippen LogP) is 0.688. The normalized spacial score (nSPS) is 25.9. The Kier molecular flexibility index (Phi) is 15.9. The highest BCUT2D eigenvalue weighted by Crippen LogP contribution is 2.36. The summed E-state index contributed by atoms with van der Waals surface area (Å²) >= 11 is 0.